The van der Waals surface area contributed by atoms with Gasteiger partial charge in [0.1, 0.15) is 0 Å². The smallest absolute Gasteiger partial charge is 0.327 e. The Morgan fingerprint density at radius 1 is 1.18 bits per heavy atom. The molecule has 0 aromatic heterocycles. The van der Waals surface area contributed by atoms with E-state index in [1.165, 1.54) is 12.1 Å². The van der Waals surface area contributed by atoms with Gasteiger partial charge in [-0.25, -0.2) is 0 Å². The fourth-order valence-electron chi connectivity index (χ4n) is 1.69. The van der Waals surface area contributed by atoms with Crippen molar-refractivity contribution in [1.82, 2.24) is 0 Å². The Balaban J connectivity index is 3.00. The van der Waals surface area contributed by atoms with Gasteiger partial charge in [0.15, 0.2) is 0 Å². The molecule has 17 heavy (non-hydrogen) atoms. The molecule has 1 aromatic carbocycles. The van der Waals surface area contributed by atoms with Crippen LogP contribution in [0.4, 0.5) is 13.2 Å². The lowest BCUT2D eigenvalue weighted by molar-refractivity contribution is -0.137. The van der Waals surface area contributed by atoms with E-state index in [-0.39, 0.29) is 12.0 Å². The lowest BCUT2D eigenvalue weighted by Gasteiger charge is -2.18. The van der Waals surface area contributed by atoms with Crippen LogP contribution in [0.1, 0.15) is 30.9 Å². The standard InChI is InChI=1S/C13H16F3N/c1-3-4-12(9(2)17)10-5-7-11(8-6-10)13(14,15)16/h3-9,12H,17H2,1-2H3/b4-3+/t9-,12+/m0/s1. The van der Waals surface area contributed by atoms with E-state index < -0.39 is 11.7 Å². The third-order valence-corrected chi connectivity index (χ3v) is 2.59. The van der Waals surface area contributed by atoms with Gasteiger partial charge in [-0.05, 0) is 31.5 Å². The molecule has 1 aromatic rings. The van der Waals surface area contributed by atoms with Crippen molar-refractivity contribution in [2.75, 3.05) is 0 Å². The average molecular weight is 243 g/mol. The van der Waals surface area contributed by atoms with Crippen molar-refractivity contribution >= 4 is 0 Å². The van der Waals surface area contributed by atoms with Crippen molar-refractivity contribution in [2.24, 2.45) is 5.73 Å². The van der Waals surface area contributed by atoms with Gasteiger partial charge >= 0.3 is 6.18 Å². The Morgan fingerprint density at radius 3 is 2.06 bits per heavy atom. The van der Waals surface area contributed by atoms with Gasteiger partial charge in [-0.15, -0.1) is 0 Å². The van der Waals surface area contributed by atoms with E-state index in [0.717, 1.165) is 17.7 Å². The molecular formula is C13H16F3N. The minimum atomic E-state index is -4.29. The third-order valence-electron chi connectivity index (χ3n) is 2.59. The van der Waals surface area contributed by atoms with Gasteiger partial charge in [-0.2, -0.15) is 13.2 Å². The Hall–Kier alpha value is -1.29. The number of rotatable bonds is 3. The molecule has 4 heteroatoms. The number of halogens is 3. The number of alkyl halides is 3. The zero-order chi connectivity index (χ0) is 13.1. The van der Waals surface area contributed by atoms with Crippen molar-refractivity contribution < 1.29 is 13.2 Å². The quantitative estimate of drug-likeness (QED) is 0.804. The second-order valence-electron chi connectivity index (χ2n) is 4.03. The Morgan fingerprint density at radius 2 is 1.71 bits per heavy atom. The molecule has 0 heterocycles. The first-order chi connectivity index (χ1) is 7.86. The van der Waals surface area contributed by atoms with Crippen molar-refractivity contribution in [3.63, 3.8) is 0 Å². The van der Waals surface area contributed by atoms with E-state index in [0.29, 0.717) is 0 Å². The number of hydrogen-bond acceptors (Lipinski definition) is 1. The molecule has 1 rings (SSSR count). The summed E-state index contributed by atoms with van der Waals surface area (Å²) in [5.41, 5.74) is 5.97. The molecule has 2 N–H and O–H groups in total. The Kier molecular flexibility index (Phi) is 4.34. The second-order valence-corrected chi connectivity index (χ2v) is 4.03. The monoisotopic (exact) mass is 243 g/mol. The van der Waals surface area contributed by atoms with E-state index in [1.807, 2.05) is 26.0 Å². The van der Waals surface area contributed by atoms with Crippen LogP contribution in [0.5, 0.6) is 0 Å². The van der Waals surface area contributed by atoms with Crippen LogP contribution in [0.2, 0.25) is 0 Å². The van der Waals surface area contributed by atoms with Crippen molar-refractivity contribution in [3.05, 3.63) is 47.5 Å². The molecule has 1 nitrogen and oxygen atoms in total. The fraction of sp³-hybridized carbons (Fsp3) is 0.385. The van der Waals surface area contributed by atoms with Gasteiger partial charge in [0.2, 0.25) is 0 Å². The van der Waals surface area contributed by atoms with Crippen LogP contribution in [0.15, 0.2) is 36.4 Å². The molecule has 0 aliphatic rings. The summed E-state index contributed by atoms with van der Waals surface area (Å²) in [7, 11) is 0. The summed E-state index contributed by atoms with van der Waals surface area (Å²) in [5.74, 6) is -0.0534. The number of benzene rings is 1. The summed E-state index contributed by atoms with van der Waals surface area (Å²) in [6.45, 7) is 3.70. The molecule has 0 fully saturated rings. The van der Waals surface area contributed by atoms with Gasteiger partial charge in [-0.3, -0.25) is 0 Å². The lowest BCUT2D eigenvalue weighted by Crippen LogP contribution is -2.23. The topological polar surface area (TPSA) is 26.0 Å². The highest BCUT2D eigenvalue weighted by molar-refractivity contribution is 5.30. The van der Waals surface area contributed by atoms with E-state index in [1.54, 1.807) is 0 Å². The van der Waals surface area contributed by atoms with Crippen LogP contribution in [0, 0.1) is 0 Å². The van der Waals surface area contributed by atoms with Crippen LogP contribution >= 0.6 is 0 Å². The predicted molar refractivity (Wildman–Crippen MR) is 62.6 cm³/mol. The van der Waals surface area contributed by atoms with Gasteiger partial charge in [-0.1, -0.05) is 24.3 Å². The zero-order valence-electron chi connectivity index (χ0n) is 9.83. The summed E-state index contributed by atoms with van der Waals surface area (Å²) in [4.78, 5) is 0. The summed E-state index contributed by atoms with van der Waals surface area (Å²) < 4.78 is 37.2. The summed E-state index contributed by atoms with van der Waals surface area (Å²) in [5, 5.41) is 0. The number of allylic oxidation sites excluding steroid dienone is 1. The first-order valence-corrected chi connectivity index (χ1v) is 5.42. The van der Waals surface area contributed by atoms with Gasteiger partial charge < -0.3 is 5.73 Å². The van der Waals surface area contributed by atoms with Gasteiger partial charge in [0.25, 0.3) is 0 Å². The fourth-order valence-corrected chi connectivity index (χ4v) is 1.69. The molecule has 0 bridgehead atoms. The van der Waals surface area contributed by atoms with Crippen molar-refractivity contribution in [3.8, 4) is 0 Å². The summed E-state index contributed by atoms with van der Waals surface area (Å²) in [6.07, 6.45) is -0.540. The molecule has 94 valence electrons. The lowest BCUT2D eigenvalue weighted by atomic mass is 9.92. The molecular weight excluding hydrogens is 227 g/mol. The maximum absolute atomic E-state index is 12.4. The number of nitrogens with two attached hydrogens (primary N) is 1. The molecule has 0 radical (unpaired) electrons. The molecule has 2 atom stereocenters. The van der Waals surface area contributed by atoms with Crippen molar-refractivity contribution in [2.45, 2.75) is 32.0 Å². The van der Waals surface area contributed by atoms with E-state index in [4.69, 9.17) is 5.73 Å². The van der Waals surface area contributed by atoms with E-state index >= 15 is 0 Å². The minimum Gasteiger partial charge on any atom is -0.327 e. The zero-order valence-corrected chi connectivity index (χ0v) is 9.83. The molecule has 0 aliphatic carbocycles. The highest BCUT2D eigenvalue weighted by Crippen LogP contribution is 2.30. The first kappa shape index (κ1) is 13.8. The minimum absolute atomic E-state index is 0.0534. The van der Waals surface area contributed by atoms with Crippen LogP contribution in [-0.4, -0.2) is 6.04 Å². The van der Waals surface area contributed by atoms with E-state index in [2.05, 4.69) is 0 Å². The third kappa shape index (κ3) is 3.60. The maximum Gasteiger partial charge on any atom is 0.416 e. The highest BCUT2D eigenvalue weighted by Gasteiger charge is 2.30. The van der Waals surface area contributed by atoms with Gasteiger partial charge in [0, 0.05) is 12.0 Å². The van der Waals surface area contributed by atoms with Crippen LogP contribution < -0.4 is 5.73 Å². The first-order valence-electron chi connectivity index (χ1n) is 5.42. The normalized spacial score (nSPS) is 16.1. The van der Waals surface area contributed by atoms with E-state index in [9.17, 15) is 13.2 Å². The molecule has 0 aliphatic heterocycles. The molecule has 0 amide bonds. The molecule has 0 spiro atoms. The maximum atomic E-state index is 12.4. The average Bonchev–Trinajstić information content (AvgIpc) is 2.24. The largest absolute Gasteiger partial charge is 0.416 e. The summed E-state index contributed by atoms with van der Waals surface area (Å²) >= 11 is 0. The van der Waals surface area contributed by atoms with Gasteiger partial charge in [0.05, 0.1) is 5.56 Å². The van der Waals surface area contributed by atoms with Crippen LogP contribution in [0.3, 0.4) is 0 Å². The predicted octanol–water partition coefficient (Wildman–Crippen LogP) is 3.71. The number of hydrogen-bond donors (Lipinski definition) is 1. The Labute approximate surface area is 99.1 Å². The SMILES string of the molecule is C/C=C/[C@@H](c1ccc(C(F)(F)F)cc1)[C@H](C)N. The summed E-state index contributed by atoms with van der Waals surface area (Å²) in [6, 6.07) is 5.01. The molecule has 0 saturated carbocycles. The van der Waals surface area contributed by atoms with Crippen molar-refractivity contribution in [1.29, 1.82) is 0 Å². The van der Waals surface area contributed by atoms with Crippen LogP contribution in [-0.2, 0) is 6.18 Å². The molecule has 0 saturated heterocycles. The second kappa shape index (κ2) is 5.36. The van der Waals surface area contributed by atoms with Crippen LogP contribution in [0.25, 0.3) is 0 Å². The molecule has 0 unspecified atom stereocenters. The Bertz CT molecular complexity index is 377. The highest BCUT2D eigenvalue weighted by atomic mass is 19.4.